The van der Waals surface area contributed by atoms with Gasteiger partial charge in [-0.1, -0.05) is 0 Å². The first-order valence-corrected chi connectivity index (χ1v) is 7.63. The standard InChI is InChI=1S/C16H22FN3O2.ClH/c17-13-7-5-12(6-8-13)16(22)19-9-1-4-15(21)20-10-2-3-14(18)11-20;/h5-8,14H,1-4,9-11,18H2,(H,19,22);1H. The zero-order valence-electron chi connectivity index (χ0n) is 13.0. The van der Waals surface area contributed by atoms with E-state index in [0.717, 1.165) is 19.4 Å². The maximum atomic E-state index is 12.8. The normalized spacial score (nSPS) is 17.3. The molecular formula is C16H23ClFN3O2. The molecule has 5 nitrogen and oxygen atoms in total. The van der Waals surface area contributed by atoms with E-state index in [1.807, 2.05) is 0 Å². The Morgan fingerprint density at radius 1 is 1.30 bits per heavy atom. The van der Waals surface area contributed by atoms with E-state index in [4.69, 9.17) is 5.73 Å². The van der Waals surface area contributed by atoms with Crippen LogP contribution in [0, 0.1) is 5.82 Å². The number of nitrogens with two attached hydrogens (primary N) is 1. The van der Waals surface area contributed by atoms with Gasteiger partial charge in [0.15, 0.2) is 0 Å². The van der Waals surface area contributed by atoms with Crippen LogP contribution in [-0.2, 0) is 4.79 Å². The number of amides is 2. The largest absolute Gasteiger partial charge is 0.352 e. The number of piperidine rings is 1. The molecule has 1 unspecified atom stereocenters. The van der Waals surface area contributed by atoms with Gasteiger partial charge in [-0.15, -0.1) is 12.4 Å². The van der Waals surface area contributed by atoms with Crippen LogP contribution in [-0.4, -0.2) is 42.4 Å². The third-order valence-corrected chi connectivity index (χ3v) is 3.77. The summed E-state index contributed by atoms with van der Waals surface area (Å²) >= 11 is 0. The van der Waals surface area contributed by atoms with E-state index < -0.39 is 0 Å². The highest BCUT2D eigenvalue weighted by Gasteiger charge is 2.20. The first-order chi connectivity index (χ1) is 10.6. The molecule has 128 valence electrons. The molecule has 1 atom stereocenters. The van der Waals surface area contributed by atoms with Crippen molar-refractivity contribution in [2.75, 3.05) is 19.6 Å². The maximum Gasteiger partial charge on any atom is 0.251 e. The second kappa shape index (κ2) is 9.47. The molecule has 1 aromatic rings. The number of likely N-dealkylation sites (tertiary alicyclic amines) is 1. The van der Waals surface area contributed by atoms with Crippen LogP contribution >= 0.6 is 12.4 Å². The van der Waals surface area contributed by atoms with Gasteiger partial charge in [0.1, 0.15) is 5.82 Å². The van der Waals surface area contributed by atoms with Crippen molar-refractivity contribution in [2.24, 2.45) is 5.73 Å². The lowest BCUT2D eigenvalue weighted by atomic mass is 10.1. The van der Waals surface area contributed by atoms with Gasteiger partial charge >= 0.3 is 0 Å². The van der Waals surface area contributed by atoms with Gasteiger partial charge in [0.25, 0.3) is 5.91 Å². The monoisotopic (exact) mass is 343 g/mol. The quantitative estimate of drug-likeness (QED) is 0.799. The summed E-state index contributed by atoms with van der Waals surface area (Å²) in [6.45, 7) is 1.82. The average molecular weight is 344 g/mol. The number of carbonyl (C=O) groups excluding carboxylic acids is 2. The highest BCUT2D eigenvalue weighted by Crippen LogP contribution is 2.10. The highest BCUT2D eigenvalue weighted by atomic mass is 35.5. The molecule has 1 aliphatic heterocycles. The number of halogens is 2. The van der Waals surface area contributed by atoms with E-state index in [9.17, 15) is 14.0 Å². The van der Waals surface area contributed by atoms with E-state index in [-0.39, 0.29) is 36.1 Å². The molecule has 0 bridgehead atoms. The van der Waals surface area contributed by atoms with Crippen LogP contribution in [0.3, 0.4) is 0 Å². The maximum absolute atomic E-state index is 12.8. The minimum absolute atomic E-state index is 0. The van der Waals surface area contributed by atoms with Gasteiger partial charge in [-0.25, -0.2) is 4.39 Å². The van der Waals surface area contributed by atoms with Gasteiger partial charge in [-0.2, -0.15) is 0 Å². The fourth-order valence-corrected chi connectivity index (χ4v) is 2.54. The summed E-state index contributed by atoms with van der Waals surface area (Å²) in [5.74, 6) is -0.541. The van der Waals surface area contributed by atoms with Crippen LogP contribution < -0.4 is 11.1 Å². The molecule has 2 rings (SSSR count). The first-order valence-electron chi connectivity index (χ1n) is 7.63. The van der Waals surface area contributed by atoms with Crippen molar-refractivity contribution in [3.63, 3.8) is 0 Å². The summed E-state index contributed by atoms with van der Waals surface area (Å²) < 4.78 is 12.8. The smallest absolute Gasteiger partial charge is 0.251 e. The minimum Gasteiger partial charge on any atom is -0.352 e. The SMILES string of the molecule is Cl.NC1CCCN(C(=O)CCCNC(=O)c2ccc(F)cc2)C1. The molecule has 2 amide bonds. The van der Waals surface area contributed by atoms with Crippen molar-refractivity contribution in [2.45, 2.75) is 31.7 Å². The molecule has 1 aromatic carbocycles. The van der Waals surface area contributed by atoms with Crippen LogP contribution in [0.5, 0.6) is 0 Å². The lowest BCUT2D eigenvalue weighted by molar-refractivity contribution is -0.132. The Hall–Kier alpha value is -1.66. The van der Waals surface area contributed by atoms with Crippen molar-refractivity contribution in [3.05, 3.63) is 35.6 Å². The second-order valence-electron chi connectivity index (χ2n) is 5.61. The lowest BCUT2D eigenvalue weighted by Gasteiger charge is -2.30. The van der Waals surface area contributed by atoms with Crippen molar-refractivity contribution >= 4 is 24.2 Å². The number of benzene rings is 1. The Morgan fingerprint density at radius 3 is 2.65 bits per heavy atom. The van der Waals surface area contributed by atoms with E-state index in [1.54, 1.807) is 4.90 Å². The number of rotatable bonds is 5. The number of hydrogen-bond acceptors (Lipinski definition) is 3. The summed E-state index contributed by atoms with van der Waals surface area (Å²) in [6.07, 6.45) is 2.90. The van der Waals surface area contributed by atoms with Gasteiger partial charge in [0, 0.05) is 37.7 Å². The first kappa shape index (κ1) is 19.4. The van der Waals surface area contributed by atoms with Crippen LogP contribution in [0.25, 0.3) is 0 Å². The third-order valence-electron chi connectivity index (χ3n) is 3.77. The Labute approximate surface area is 141 Å². The lowest BCUT2D eigenvalue weighted by Crippen LogP contribution is -2.45. The Balaban J connectivity index is 0.00000264. The molecule has 0 spiro atoms. The van der Waals surface area contributed by atoms with Crippen molar-refractivity contribution in [3.8, 4) is 0 Å². The predicted molar refractivity (Wildman–Crippen MR) is 89.0 cm³/mol. The number of hydrogen-bond donors (Lipinski definition) is 2. The zero-order chi connectivity index (χ0) is 15.9. The molecule has 1 heterocycles. The topological polar surface area (TPSA) is 75.4 Å². The molecule has 1 aliphatic rings. The molecule has 3 N–H and O–H groups in total. The molecular weight excluding hydrogens is 321 g/mol. The number of carbonyl (C=O) groups is 2. The minimum atomic E-state index is -0.373. The van der Waals surface area contributed by atoms with Gasteiger partial charge in [0.2, 0.25) is 5.91 Å². The summed E-state index contributed by atoms with van der Waals surface area (Å²) in [6, 6.07) is 5.45. The number of nitrogens with one attached hydrogen (secondary N) is 1. The molecule has 7 heteroatoms. The van der Waals surface area contributed by atoms with Gasteiger partial charge in [-0.3, -0.25) is 9.59 Å². The predicted octanol–water partition coefficient (Wildman–Crippen LogP) is 1.71. The van der Waals surface area contributed by atoms with Crippen molar-refractivity contribution in [1.29, 1.82) is 0 Å². The van der Waals surface area contributed by atoms with E-state index in [1.165, 1.54) is 24.3 Å². The fraction of sp³-hybridized carbons (Fsp3) is 0.500. The number of nitrogens with zero attached hydrogens (tertiary/aromatic N) is 1. The summed E-state index contributed by atoms with van der Waals surface area (Å²) in [7, 11) is 0. The zero-order valence-corrected chi connectivity index (χ0v) is 13.8. The Bertz CT molecular complexity index is 525. The molecule has 23 heavy (non-hydrogen) atoms. The summed E-state index contributed by atoms with van der Waals surface area (Å²) in [5, 5.41) is 2.73. The molecule has 0 aromatic heterocycles. The van der Waals surface area contributed by atoms with Gasteiger partial charge in [0.05, 0.1) is 0 Å². The van der Waals surface area contributed by atoms with Crippen LogP contribution in [0.4, 0.5) is 4.39 Å². The van der Waals surface area contributed by atoms with E-state index in [0.29, 0.717) is 31.5 Å². The summed E-state index contributed by atoms with van der Waals surface area (Å²) in [4.78, 5) is 25.6. The third kappa shape index (κ3) is 6.15. The second-order valence-corrected chi connectivity index (χ2v) is 5.61. The highest BCUT2D eigenvalue weighted by molar-refractivity contribution is 5.94. The van der Waals surface area contributed by atoms with Gasteiger partial charge < -0.3 is 16.0 Å². The van der Waals surface area contributed by atoms with E-state index >= 15 is 0 Å². The Morgan fingerprint density at radius 2 is 2.00 bits per heavy atom. The van der Waals surface area contributed by atoms with Crippen molar-refractivity contribution in [1.82, 2.24) is 10.2 Å². The fourth-order valence-electron chi connectivity index (χ4n) is 2.54. The van der Waals surface area contributed by atoms with Crippen LogP contribution in [0.15, 0.2) is 24.3 Å². The van der Waals surface area contributed by atoms with Crippen LogP contribution in [0.2, 0.25) is 0 Å². The van der Waals surface area contributed by atoms with Crippen molar-refractivity contribution < 1.29 is 14.0 Å². The Kier molecular flexibility index (Phi) is 7.98. The summed E-state index contributed by atoms with van der Waals surface area (Å²) in [5.41, 5.74) is 6.27. The molecule has 0 aliphatic carbocycles. The van der Waals surface area contributed by atoms with Crippen LogP contribution in [0.1, 0.15) is 36.0 Å². The van der Waals surface area contributed by atoms with E-state index in [2.05, 4.69) is 5.32 Å². The molecule has 0 saturated carbocycles. The van der Waals surface area contributed by atoms with Gasteiger partial charge in [-0.05, 0) is 43.5 Å². The molecule has 1 fully saturated rings. The molecule has 1 saturated heterocycles. The average Bonchev–Trinajstić information content (AvgIpc) is 2.51. The molecule has 0 radical (unpaired) electrons.